The Hall–Kier alpha value is -0.850. The normalized spacial score (nSPS) is 14.1. The lowest BCUT2D eigenvalue weighted by molar-refractivity contribution is 0.346. The van der Waals surface area contributed by atoms with Crippen molar-refractivity contribution in [3.05, 3.63) is 22.7 Å². The third-order valence-electron chi connectivity index (χ3n) is 2.41. The lowest BCUT2D eigenvalue weighted by Gasteiger charge is -2.08. The maximum atomic E-state index is 5.76. The number of rotatable bonds is 3. The third kappa shape index (κ3) is 3.08. The minimum absolute atomic E-state index is 0. The highest BCUT2D eigenvalue weighted by atomic mass is 79.9. The van der Waals surface area contributed by atoms with Gasteiger partial charge in [-0.3, -0.25) is 0 Å². The van der Waals surface area contributed by atoms with Gasteiger partial charge in [0.2, 0.25) is 11.7 Å². The van der Waals surface area contributed by atoms with Crippen LogP contribution in [-0.4, -0.2) is 16.2 Å². The minimum atomic E-state index is -0.0309. The molecule has 94 valence electrons. The largest absolute Gasteiger partial charge is 0.446 e. The van der Waals surface area contributed by atoms with E-state index >= 15 is 0 Å². The summed E-state index contributed by atoms with van der Waals surface area (Å²) in [5.74, 6) is 1.56. The molecule has 2 unspecified atom stereocenters. The molecule has 0 spiro atoms. The van der Waals surface area contributed by atoms with Crippen LogP contribution in [0.2, 0.25) is 0 Å². The summed E-state index contributed by atoms with van der Waals surface area (Å²) < 4.78 is 11.1. The van der Waals surface area contributed by atoms with Crippen molar-refractivity contribution in [3.63, 3.8) is 0 Å². The van der Waals surface area contributed by atoms with E-state index in [4.69, 9.17) is 14.7 Å². The van der Waals surface area contributed by atoms with Gasteiger partial charge >= 0.3 is 0 Å². The number of hydrogen-bond acceptors (Lipinski definition) is 5. The van der Waals surface area contributed by atoms with Crippen LogP contribution in [0.4, 0.5) is 0 Å². The van der Waals surface area contributed by atoms with E-state index in [2.05, 4.69) is 26.1 Å². The van der Waals surface area contributed by atoms with E-state index in [-0.39, 0.29) is 24.4 Å². The van der Waals surface area contributed by atoms with Gasteiger partial charge in [0.25, 0.3) is 0 Å². The van der Waals surface area contributed by atoms with Crippen LogP contribution in [0.15, 0.2) is 25.7 Å². The van der Waals surface area contributed by atoms with Gasteiger partial charge in [0.1, 0.15) is 0 Å². The summed E-state index contributed by atoms with van der Waals surface area (Å²) in [7, 11) is 0. The lowest BCUT2D eigenvalue weighted by atomic mass is 10.1. The van der Waals surface area contributed by atoms with E-state index in [0.717, 1.165) is 0 Å². The van der Waals surface area contributed by atoms with E-state index in [0.29, 0.717) is 22.1 Å². The Kier molecular flexibility index (Phi) is 4.73. The Morgan fingerprint density at radius 1 is 1.35 bits per heavy atom. The Morgan fingerprint density at radius 2 is 2.06 bits per heavy atom. The van der Waals surface area contributed by atoms with Crippen molar-refractivity contribution in [2.75, 3.05) is 0 Å². The van der Waals surface area contributed by atoms with Gasteiger partial charge < -0.3 is 14.7 Å². The van der Waals surface area contributed by atoms with Crippen LogP contribution in [-0.2, 0) is 0 Å². The van der Waals surface area contributed by atoms with Gasteiger partial charge in [-0.1, -0.05) is 12.1 Å². The molecular formula is C10H13BrClN3O2. The van der Waals surface area contributed by atoms with Crippen molar-refractivity contribution in [1.29, 1.82) is 0 Å². The predicted molar refractivity (Wildman–Crippen MR) is 69.0 cm³/mol. The Morgan fingerprint density at radius 3 is 2.59 bits per heavy atom. The average Bonchev–Trinajstić information content (AvgIpc) is 2.84. The second-order valence-corrected chi connectivity index (χ2v) is 4.49. The first kappa shape index (κ1) is 14.2. The summed E-state index contributed by atoms with van der Waals surface area (Å²) in [4.78, 5) is 4.24. The van der Waals surface area contributed by atoms with Gasteiger partial charge in [0, 0.05) is 6.04 Å². The molecular weight excluding hydrogens is 309 g/mol. The summed E-state index contributed by atoms with van der Waals surface area (Å²) in [5, 5.41) is 3.85. The molecule has 0 bridgehead atoms. The summed E-state index contributed by atoms with van der Waals surface area (Å²) in [6.45, 7) is 3.85. The fourth-order valence-corrected chi connectivity index (χ4v) is 1.49. The zero-order valence-electron chi connectivity index (χ0n) is 9.38. The molecule has 2 N–H and O–H groups in total. The lowest BCUT2D eigenvalue weighted by Crippen LogP contribution is -2.22. The van der Waals surface area contributed by atoms with Gasteiger partial charge in [0.15, 0.2) is 10.4 Å². The molecule has 17 heavy (non-hydrogen) atoms. The minimum Gasteiger partial charge on any atom is -0.446 e. The number of aromatic nitrogens is 2. The van der Waals surface area contributed by atoms with E-state index in [1.54, 1.807) is 12.1 Å². The summed E-state index contributed by atoms with van der Waals surface area (Å²) >= 11 is 3.22. The molecule has 7 heteroatoms. The van der Waals surface area contributed by atoms with Crippen LogP contribution >= 0.6 is 28.3 Å². The van der Waals surface area contributed by atoms with Gasteiger partial charge in [-0.25, -0.2) is 0 Å². The number of furan rings is 1. The van der Waals surface area contributed by atoms with Crippen LogP contribution in [0.3, 0.4) is 0 Å². The van der Waals surface area contributed by atoms with Crippen LogP contribution in [0.25, 0.3) is 11.6 Å². The van der Waals surface area contributed by atoms with E-state index in [9.17, 15) is 0 Å². The molecule has 2 rings (SSSR count). The second-order valence-electron chi connectivity index (χ2n) is 3.71. The van der Waals surface area contributed by atoms with Crippen LogP contribution < -0.4 is 5.73 Å². The molecule has 0 fully saturated rings. The zero-order valence-corrected chi connectivity index (χ0v) is 11.8. The second kappa shape index (κ2) is 5.66. The molecule has 0 aliphatic heterocycles. The predicted octanol–water partition coefficient (Wildman–Crippen LogP) is 2.96. The van der Waals surface area contributed by atoms with Crippen molar-refractivity contribution in [2.45, 2.75) is 25.8 Å². The molecule has 2 atom stereocenters. The number of nitrogens with zero attached hydrogens (tertiary/aromatic N) is 2. The SMILES string of the molecule is CC(N)C(C)c1nc(-c2ccc(Br)o2)no1.Cl. The number of nitrogens with two attached hydrogens (primary N) is 1. The maximum absolute atomic E-state index is 5.76. The molecule has 2 heterocycles. The number of hydrogen-bond donors (Lipinski definition) is 1. The van der Waals surface area contributed by atoms with Crippen molar-refractivity contribution in [2.24, 2.45) is 5.73 Å². The van der Waals surface area contributed by atoms with Gasteiger partial charge in [0.05, 0.1) is 5.92 Å². The van der Waals surface area contributed by atoms with Crippen molar-refractivity contribution >= 4 is 28.3 Å². The molecule has 5 nitrogen and oxygen atoms in total. The molecule has 0 aliphatic rings. The quantitative estimate of drug-likeness (QED) is 0.940. The van der Waals surface area contributed by atoms with Gasteiger partial charge in [-0.2, -0.15) is 4.98 Å². The fraction of sp³-hybridized carbons (Fsp3) is 0.400. The molecule has 0 radical (unpaired) electrons. The summed E-state index contributed by atoms with van der Waals surface area (Å²) in [6, 6.07) is 3.52. The molecule has 0 saturated carbocycles. The van der Waals surface area contributed by atoms with E-state index in [1.165, 1.54) is 0 Å². The molecule has 0 aliphatic carbocycles. The summed E-state index contributed by atoms with van der Waals surface area (Å²) in [6.07, 6.45) is 0. The van der Waals surface area contributed by atoms with Crippen molar-refractivity contribution in [3.8, 4) is 11.6 Å². The molecule has 2 aromatic heterocycles. The topological polar surface area (TPSA) is 78.1 Å². The molecule has 0 saturated heterocycles. The number of halogens is 2. The highest BCUT2D eigenvalue weighted by Gasteiger charge is 2.19. The first-order valence-electron chi connectivity index (χ1n) is 4.93. The Bertz CT molecular complexity index is 483. The third-order valence-corrected chi connectivity index (χ3v) is 2.84. The fourth-order valence-electron chi connectivity index (χ4n) is 1.18. The smallest absolute Gasteiger partial charge is 0.238 e. The highest BCUT2D eigenvalue weighted by Crippen LogP contribution is 2.24. The van der Waals surface area contributed by atoms with Crippen LogP contribution in [0, 0.1) is 0 Å². The van der Waals surface area contributed by atoms with Crippen LogP contribution in [0.1, 0.15) is 25.7 Å². The summed E-state index contributed by atoms with van der Waals surface area (Å²) in [5.41, 5.74) is 5.76. The maximum Gasteiger partial charge on any atom is 0.238 e. The van der Waals surface area contributed by atoms with Crippen molar-refractivity contribution in [1.82, 2.24) is 10.1 Å². The average molecular weight is 323 g/mol. The van der Waals surface area contributed by atoms with Gasteiger partial charge in [-0.05, 0) is 35.0 Å². The van der Waals surface area contributed by atoms with E-state index < -0.39 is 0 Å². The first-order chi connectivity index (χ1) is 7.58. The molecule has 2 aromatic rings. The van der Waals surface area contributed by atoms with Crippen molar-refractivity contribution < 1.29 is 8.94 Å². The van der Waals surface area contributed by atoms with Gasteiger partial charge in [-0.15, -0.1) is 12.4 Å². The standard InChI is InChI=1S/C10H12BrN3O2.ClH/c1-5(6(2)12)10-13-9(14-16-10)7-3-4-8(11)15-7;/h3-6H,12H2,1-2H3;1H. The zero-order chi connectivity index (χ0) is 11.7. The van der Waals surface area contributed by atoms with E-state index in [1.807, 2.05) is 13.8 Å². The van der Waals surface area contributed by atoms with Crippen LogP contribution in [0.5, 0.6) is 0 Å². The Balaban J connectivity index is 0.00000144. The molecule has 0 aromatic carbocycles. The first-order valence-corrected chi connectivity index (χ1v) is 5.72. The monoisotopic (exact) mass is 321 g/mol. The highest BCUT2D eigenvalue weighted by molar-refractivity contribution is 9.10. The molecule has 0 amide bonds. The Labute approximate surface area is 113 Å².